The number of ether oxygens (including phenoxy) is 3. The van der Waals surface area contributed by atoms with Gasteiger partial charge in [0.15, 0.2) is 6.79 Å². The van der Waals surface area contributed by atoms with Crippen molar-refractivity contribution >= 4 is 11.9 Å². The summed E-state index contributed by atoms with van der Waals surface area (Å²) in [5.74, 6) is -0.721. The van der Waals surface area contributed by atoms with Gasteiger partial charge in [-0.3, -0.25) is 4.79 Å². The number of carbonyl (C=O) groups excluding carboxylic acids is 2. The molecule has 234 valence electrons. The van der Waals surface area contributed by atoms with Gasteiger partial charge >= 0.3 is 11.9 Å². The van der Waals surface area contributed by atoms with Crippen molar-refractivity contribution in [3.63, 3.8) is 0 Å². The third-order valence-electron chi connectivity index (χ3n) is 10.4. The molecule has 2 aromatic carbocycles. The fraction of sp³-hybridized carbons (Fsp3) is 0.622. The quantitative estimate of drug-likeness (QED) is 0.0863. The summed E-state index contributed by atoms with van der Waals surface area (Å²) in [6.45, 7) is 4.47. The van der Waals surface area contributed by atoms with Gasteiger partial charge in [0, 0.05) is 44.9 Å². The highest BCUT2D eigenvalue weighted by molar-refractivity contribution is 5.86. The average Bonchev–Trinajstić information content (AvgIpc) is 3.58. The molecule has 0 radical (unpaired) electrons. The van der Waals surface area contributed by atoms with E-state index in [1.807, 2.05) is 60.7 Å². The molecule has 43 heavy (non-hydrogen) atoms. The number of unbranched alkanes of at least 4 members (excludes halogenated alkanes) is 7. The third kappa shape index (κ3) is 7.34. The molecule has 2 bridgehead atoms. The van der Waals surface area contributed by atoms with Crippen LogP contribution in [0.1, 0.15) is 114 Å². The molecule has 1 spiro atoms. The zero-order valence-corrected chi connectivity index (χ0v) is 26.2. The highest BCUT2D eigenvalue weighted by Gasteiger charge is 2.57. The van der Waals surface area contributed by atoms with Gasteiger partial charge in [-0.2, -0.15) is 0 Å². The summed E-state index contributed by atoms with van der Waals surface area (Å²) >= 11 is 0. The van der Waals surface area contributed by atoms with Crippen LogP contribution >= 0.6 is 0 Å². The Kier molecular flexibility index (Phi) is 11.3. The van der Waals surface area contributed by atoms with Crippen LogP contribution in [0.2, 0.25) is 0 Å². The van der Waals surface area contributed by atoms with E-state index in [1.54, 1.807) is 0 Å². The first-order chi connectivity index (χ1) is 21.1. The number of carbonyl (C=O) groups is 2. The monoisotopic (exact) mass is 590 g/mol. The van der Waals surface area contributed by atoms with Crippen LogP contribution in [0.3, 0.4) is 0 Å². The second-order valence-electron chi connectivity index (χ2n) is 13.1. The van der Waals surface area contributed by atoms with Crippen LogP contribution in [0.5, 0.6) is 0 Å². The maximum atomic E-state index is 14.4. The van der Waals surface area contributed by atoms with E-state index < -0.39 is 11.6 Å². The normalized spacial score (nSPS) is 22.5. The molecule has 3 fully saturated rings. The molecule has 0 aliphatic carbocycles. The lowest BCUT2D eigenvalue weighted by molar-refractivity contribution is -0.956. The maximum absolute atomic E-state index is 14.4. The fourth-order valence-corrected chi connectivity index (χ4v) is 8.17. The van der Waals surface area contributed by atoms with Crippen molar-refractivity contribution in [3.8, 4) is 0 Å². The van der Waals surface area contributed by atoms with E-state index in [2.05, 4.69) is 6.92 Å². The van der Waals surface area contributed by atoms with Crippen molar-refractivity contribution in [3.05, 3.63) is 71.8 Å². The van der Waals surface area contributed by atoms with E-state index in [0.717, 1.165) is 32.1 Å². The summed E-state index contributed by atoms with van der Waals surface area (Å²) in [4.78, 5) is 27.0. The van der Waals surface area contributed by atoms with Gasteiger partial charge in [0.25, 0.3) is 0 Å². The summed E-state index contributed by atoms with van der Waals surface area (Å²) in [5, 5.41) is 0. The van der Waals surface area contributed by atoms with Crippen LogP contribution in [0, 0.1) is 0 Å². The molecule has 0 amide bonds. The molecule has 0 N–H and O–H groups in total. The van der Waals surface area contributed by atoms with Gasteiger partial charge in [0.2, 0.25) is 5.60 Å². The molecule has 5 rings (SSSR count). The van der Waals surface area contributed by atoms with Gasteiger partial charge in [-0.15, -0.1) is 0 Å². The first-order valence-electron chi connectivity index (χ1n) is 17.1. The van der Waals surface area contributed by atoms with Crippen molar-refractivity contribution in [2.24, 2.45) is 0 Å². The fourth-order valence-electron chi connectivity index (χ4n) is 8.17. The summed E-state index contributed by atoms with van der Waals surface area (Å²) in [6.07, 6.45) is 16.5. The van der Waals surface area contributed by atoms with Crippen LogP contribution in [0.4, 0.5) is 0 Å². The lowest BCUT2D eigenvalue weighted by Gasteiger charge is -2.47. The van der Waals surface area contributed by atoms with Crippen LogP contribution in [-0.4, -0.2) is 54.5 Å². The Morgan fingerprint density at radius 3 is 1.86 bits per heavy atom. The molecule has 3 saturated heterocycles. The van der Waals surface area contributed by atoms with Gasteiger partial charge in [-0.1, -0.05) is 113 Å². The van der Waals surface area contributed by atoms with Crippen molar-refractivity contribution in [1.82, 2.24) is 0 Å². The van der Waals surface area contributed by atoms with E-state index in [-0.39, 0.29) is 18.9 Å². The van der Waals surface area contributed by atoms with Gasteiger partial charge < -0.3 is 18.7 Å². The number of quaternary nitrogens is 1. The summed E-state index contributed by atoms with van der Waals surface area (Å²) in [5.41, 5.74) is -0.184. The van der Waals surface area contributed by atoms with Crippen LogP contribution in [-0.2, 0) is 29.4 Å². The molecule has 6 nitrogen and oxygen atoms in total. The van der Waals surface area contributed by atoms with E-state index in [0.29, 0.717) is 29.6 Å². The molecule has 0 aromatic heterocycles. The Hall–Kier alpha value is -2.70. The molecule has 3 aliphatic rings. The Morgan fingerprint density at radius 2 is 1.30 bits per heavy atom. The molecule has 2 aromatic rings. The van der Waals surface area contributed by atoms with E-state index >= 15 is 0 Å². The molecule has 6 heteroatoms. The molecular weight excluding hydrogens is 538 g/mol. The number of nitrogens with zero attached hydrogens (tertiary/aromatic N) is 1. The number of hydrogen-bond donors (Lipinski definition) is 0. The summed E-state index contributed by atoms with van der Waals surface area (Å²) < 4.78 is 19.6. The van der Waals surface area contributed by atoms with Crippen molar-refractivity contribution in [2.75, 3.05) is 19.9 Å². The largest absolute Gasteiger partial charge is 0.459 e. The first-order valence-corrected chi connectivity index (χ1v) is 17.1. The van der Waals surface area contributed by atoms with Crippen LogP contribution < -0.4 is 0 Å². The second kappa shape index (κ2) is 15.3. The average molecular weight is 591 g/mol. The zero-order valence-electron chi connectivity index (χ0n) is 26.2. The van der Waals surface area contributed by atoms with Crippen molar-refractivity contribution in [2.45, 2.75) is 127 Å². The van der Waals surface area contributed by atoms with Crippen LogP contribution in [0.15, 0.2) is 60.7 Å². The second-order valence-corrected chi connectivity index (χ2v) is 13.1. The van der Waals surface area contributed by atoms with Crippen LogP contribution in [0.25, 0.3) is 0 Å². The minimum absolute atomic E-state index is 0.130. The Labute approximate surface area is 258 Å². The minimum atomic E-state index is -1.53. The Morgan fingerprint density at radius 1 is 0.767 bits per heavy atom. The van der Waals surface area contributed by atoms with Gasteiger partial charge in [-0.05, 0) is 17.5 Å². The van der Waals surface area contributed by atoms with E-state index in [1.165, 1.54) is 75.4 Å². The maximum Gasteiger partial charge on any atom is 0.348 e. The highest BCUT2D eigenvalue weighted by Crippen LogP contribution is 2.47. The highest BCUT2D eigenvalue weighted by atomic mass is 16.7. The predicted octanol–water partition coefficient (Wildman–Crippen LogP) is 7.83. The minimum Gasteiger partial charge on any atom is -0.459 e. The zero-order chi connectivity index (χ0) is 30.0. The third-order valence-corrected chi connectivity index (χ3v) is 10.4. The standard InChI is InChI=1S/C37H52NO5/c1-2-3-4-5-6-7-8-15-22-35(39)41-29-42-37(30-18-11-9-12-19-30,31-20-13-10-14-21-31)36(40)43-34-27-32-23-24-33(28-34)38(32)25-16-17-26-38/h9-14,18-21,32-34H,2-8,15-17,22-29H2,1H3/q+1. The molecule has 2 atom stereocenters. The first kappa shape index (κ1) is 31.7. The van der Waals surface area contributed by atoms with Gasteiger partial charge in [0.05, 0.1) is 25.2 Å². The SMILES string of the molecule is CCCCCCCCCCC(=O)OCOC(C(=O)OC1CC2CCC(C1)[N+]21CCCC1)(c1ccccc1)c1ccccc1. The molecular formula is C37H52NO5+. The smallest absolute Gasteiger partial charge is 0.348 e. The number of benzene rings is 2. The van der Waals surface area contributed by atoms with Gasteiger partial charge in [-0.25, -0.2) is 4.79 Å². The lowest BCUT2D eigenvalue weighted by atomic mass is 9.85. The van der Waals surface area contributed by atoms with Gasteiger partial charge in [0.1, 0.15) is 6.10 Å². The van der Waals surface area contributed by atoms with Crippen molar-refractivity contribution < 1.29 is 28.3 Å². The van der Waals surface area contributed by atoms with E-state index in [4.69, 9.17) is 14.2 Å². The topological polar surface area (TPSA) is 61.8 Å². The predicted molar refractivity (Wildman–Crippen MR) is 168 cm³/mol. The van der Waals surface area contributed by atoms with Crippen molar-refractivity contribution in [1.29, 1.82) is 0 Å². The summed E-state index contributed by atoms with van der Waals surface area (Å²) in [6, 6.07) is 20.2. The number of rotatable bonds is 16. The molecule has 2 unspecified atom stereocenters. The lowest BCUT2D eigenvalue weighted by Crippen LogP contribution is -2.60. The number of piperidine rings is 1. The Bertz CT molecular complexity index is 1090. The number of esters is 2. The summed E-state index contributed by atoms with van der Waals surface area (Å²) in [7, 11) is 0. The number of hydrogen-bond acceptors (Lipinski definition) is 5. The molecule has 3 heterocycles. The van der Waals surface area contributed by atoms with E-state index in [9.17, 15) is 9.59 Å². The molecule has 0 saturated carbocycles. The molecule has 3 aliphatic heterocycles. The Balaban J connectivity index is 1.25.